The highest BCUT2D eigenvalue weighted by Gasteiger charge is 2.21. The van der Waals surface area contributed by atoms with Gasteiger partial charge in [0.15, 0.2) is 0 Å². The summed E-state index contributed by atoms with van der Waals surface area (Å²) >= 11 is 5.37. The van der Waals surface area contributed by atoms with Gasteiger partial charge >= 0.3 is 0 Å². The molecule has 0 amide bonds. The van der Waals surface area contributed by atoms with Gasteiger partial charge in [-0.1, -0.05) is 11.6 Å². The Labute approximate surface area is 89.1 Å². The van der Waals surface area contributed by atoms with E-state index in [0.717, 1.165) is 6.07 Å². The van der Waals surface area contributed by atoms with E-state index in [1.54, 1.807) is 0 Å². The molecule has 0 unspecified atom stereocenters. The van der Waals surface area contributed by atoms with Gasteiger partial charge in [0.25, 0.3) is 6.43 Å². The Morgan fingerprint density at radius 1 is 1.47 bits per heavy atom. The molecule has 5 nitrogen and oxygen atoms in total. The van der Waals surface area contributed by atoms with Gasteiger partial charge in [-0.2, -0.15) is 0 Å². The number of primary sulfonamides is 1. The highest BCUT2D eigenvalue weighted by molar-refractivity contribution is 7.89. The number of anilines is 1. The zero-order valence-corrected chi connectivity index (χ0v) is 8.69. The number of nitrogens with two attached hydrogens (primary N) is 2. The van der Waals surface area contributed by atoms with Crippen molar-refractivity contribution >= 4 is 27.3 Å². The summed E-state index contributed by atoms with van der Waals surface area (Å²) in [4.78, 5) is 2.59. The zero-order valence-electron chi connectivity index (χ0n) is 7.12. The van der Waals surface area contributed by atoms with E-state index >= 15 is 0 Å². The first-order valence-electron chi connectivity index (χ1n) is 3.50. The van der Waals surface area contributed by atoms with Gasteiger partial charge in [-0.05, 0) is 6.07 Å². The van der Waals surface area contributed by atoms with Crippen LogP contribution in [0.2, 0.25) is 5.15 Å². The standard InChI is InChI=1S/C6H6ClF2N3O2S/c7-5-3(15(11,13)14)1-2(10)4(12-5)6(8)9/h1,6H,10H2,(H2,11,13,14). The van der Waals surface area contributed by atoms with Crippen LogP contribution in [-0.4, -0.2) is 13.4 Å². The van der Waals surface area contributed by atoms with Gasteiger partial charge in [0.05, 0.1) is 5.69 Å². The van der Waals surface area contributed by atoms with Crippen molar-refractivity contribution in [2.45, 2.75) is 11.3 Å². The summed E-state index contributed by atoms with van der Waals surface area (Å²) < 4.78 is 46.3. The van der Waals surface area contributed by atoms with Crippen LogP contribution in [0.4, 0.5) is 14.5 Å². The molecule has 0 spiro atoms. The number of alkyl halides is 2. The maximum atomic E-state index is 12.3. The topological polar surface area (TPSA) is 99.1 Å². The lowest BCUT2D eigenvalue weighted by Gasteiger charge is -2.07. The molecule has 0 aliphatic rings. The summed E-state index contributed by atoms with van der Waals surface area (Å²) in [6.45, 7) is 0. The molecule has 0 saturated heterocycles. The highest BCUT2D eigenvalue weighted by Crippen LogP contribution is 2.28. The Hall–Kier alpha value is -0.990. The summed E-state index contributed by atoms with van der Waals surface area (Å²) in [6, 6.07) is 0.756. The molecule has 1 aromatic heterocycles. The number of halogens is 3. The van der Waals surface area contributed by atoms with Crippen molar-refractivity contribution in [3.05, 3.63) is 16.9 Å². The number of aromatic nitrogens is 1. The first kappa shape index (κ1) is 12.1. The number of rotatable bonds is 2. The van der Waals surface area contributed by atoms with Crippen LogP contribution in [0.3, 0.4) is 0 Å². The zero-order chi connectivity index (χ0) is 11.8. The van der Waals surface area contributed by atoms with Gasteiger partial charge in [0, 0.05) is 0 Å². The van der Waals surface area contributed by atoms with Crippen LogP contribution in [0.5, 0.6) is 0 Å². The Kier molecular flexibility index (Phi) is 3.12. The molecule has 0 radical (unpaired) electrons. The first-order chi connectivity index (χ1) is 6.73. The van der Waals surface area contributed by atoms with E-state index in [4.69, 9.17) is 22.5 Å². The minimum atomic E-state index is -4.12. The van der Waals surface area contributed by atoms with Crippen LogP contribution in [0, 0.1) is 0 Å². The smallest absolute Gasteiger partial charge is 0.282 e. The molecule has 0 bridgehead atoms. The normalized spacial score (nSPS) is 12.1. The molecule has 0 aliphatic heterocycles. The summed E-state index contributed by atoms with van der Waals surface area (Å²) in [5.74, 6) is 0. The molecular weight excluding hydrogens is 252 g/mol. The second-order valence-electron chi connectivity index (χ2n) is 2.60. The summed E-state index contributed by atoms with van der Waals surface area (Å²) in [7, 11) is -4.12. The summed E-state index contributed by atoms with van der Waals surface area (Å²) in [5, 5.41) is 4.13. The fourth-order valence-corrected chi connectivity index (χ4v) is 1.91. The lowest BCUT2D eigenvalue weighted by molar-refractivity contribution is 0.147. The van der Waals surface area contributed by atoms with Gasteiger partial charge in [0.2, 0.25) is 10.0 Å². The number of nitrogen functional groups attached to an aromatic ring is 1. The largest absolute Gasteiger partial charge is 0.397 e. The van der Waals surface area contributed by atoms with Crippen molar-refractivity contribution in [2.24, 2.45) is 5.14 Å². The lowest BCUT2D eigenvalue weighted by atomic mass is 10.3. The third kappa shape index (κ3) is 2.52. The van der Waals surface area contributed by atoms with E-state index in [-0.39, 0.29) is 0 Å². The summed E-state index contributed by atoms with van der Waals surface area (Å²) in [6.07, 6.45) is -2.93. The van der Waals surface area contributed by atoms with Crippen molar-refractivity contribution in [1.29, 1.82) is 0 Å². The number of pyridine rings is 1. The van der Waals surface area contributed by atoms with Gasteiger partial charge in [-0.15, -0.1) is 0 Å². The fraction of sp³-hybridized carbons (Fsp3) is 0.167. The second kappa shape index (κ2) is 3.87. The van der Waals surface area contributed by atoms with E-state index in [9.17, 15) is 17.2 Å². The van der Waals surface area contributed by atoms with Crippen molar-refractivity contribution < 1.29 is 17.2 Å². The monoisotopic (exact) mass is 257 g/mol. The molecule has 84 valence electrons. The molecule has 4 N–H and O–H groups in total. The molecular formula is C6H6ClF2N3O2S. The molecule has 15 heavy (non-hydrogen) atoms. The van der Waals surface area contributed by atoms with E-state index in [0.29, 0.717) is 0 Å². The lowest BCUT2D eigenvalue weighted by Crippen LogP contribution is -2.14. The average Bonchev–Trinajstić information content (AvgIpc) is 2.06. The highest BCUT2D eigenvalue weighted by atomic mass is 35.5. The Bertz CT molecular complexity index is 491. The van der Waals surface area contributed by atoms with E-state index < -0.39 is 37.9 Å². The molecule has 0 fully saturated rings. The predicted molar refractivity (Wildman–Crippen MR) is 50.0 cm³/mol. The van der Waals surface area contributed by atoms with E-state index in [2.05, 4.69) is 4.98 Å². The van der Waals surface area contributed by atoms with Crippen LogP contribution in [0.1, 0.15) is 12.1 Å². The van der Waals surface area contributed by atoms with Crippen LogP contribution in [0.25, 0.3) is 0 Å². The number of hydrogen-bond donors (Lipinski definition) is 2. The van der Waals surface area contributed by atoms with Crippen LogP contribution >= 0.6 is 11.6 Å². The van der Waals surface area contributed by atoms with Gasteiger partial charge < -0.3 is 5.73 Å². The Morgan fingerprint density at radius 3 is 2.40 bits per heavy atom. The maximum Gasteiger partial charge on any atom is 0.282 e. The first-order valence-corrected chi connectivity index (χ1v) is 5.42. The fourth-order valence-electron chi connectivity index (χ4n) is 0.874. The molecule has 9 heteroatoms. The van der Waals surface area contributed by atoms with Gasteiger partial charge in [-0.25, -0.2) is 27.3 Å². The molecule has 1 aromatic rings. The maximum absolute atomic E-state index is 12.3. The third-order valence-corrected chi connectivity index (χ3v) is 2.84. The van der Waals surface area contributed by atoms with E-state index in [1.807, 2.05) is 0 Å². The second-order valence-corrected chi connectivity index (χ2v) is 4.49. The number of nitrogens with zero attached hydrogens (tertiary/aromatic N) is 1. The summed E-state index contributed by atoms with van der Waals surface area (Å²) in [5.41, 5.74) is 3.92. The van der Waals surface area contributed by atoms with Gasteiger partial charge in [0.1, 0.15) is 15.7 Å². The van der Waals surface area contributed by atoms with Crippen molar-refractivity contribution in [1.82, 2.24) is 4.98 Å². The molecule has 0 aromatic carbocycles. The molecule has 0 saturated carbocycles. The average molecular weight is 258 g/mol. The SMILES string of the molecule is Nc1cc(S(N)(=O)=O)c(Cl)nc1C(F)F. The van der Waals surface area contributed by atoms with Crippen molar-refractivity contribution in [2.75, 3.05) is 5.73 Å². The molecule has 1 heterocycles. The van der Waals surface area contributed by atoms with Crippen LogP contribution < -0.4 is 10.9 Å². The molecule has 1 rings (SSSR count). The van der Waals surface area contributed by atoms with Crippen molar-refractivity contribution in [3.8, 4) is 0 Å². The Balaban J connectivity index is 3.46. The van der Waals surface area contributed by atoms with E-state index in [1.165, 1.54) is 0 Å². The molecule has 0 atom stereocenters. The quantitative estimate of drug-likeness (QED) is 0.769. The minimum Gasteiger partial charge on any atom is -0.397 e. The number of sulfonamides is 1. The minimum absolute atomic E-state index is 0.474. The van der Waals surface area contributed by atoms with Gasteiger partial charge in [-0.3, -0.25) is 0 Å². The third-order valence-electron chi connectivity index (χ3n) is 1.52. The Morgan fingerprint density at radius 2 is 2.00 bits per heavy atom. The van der Waals surface area contributed by atoms with Crippen LogP contribution in [-0.2, 0) is 10.0 Å². The molecule has 0 aliphatic carbocycles. The van der Waals surface area contributed by atoms with Crippen molar-refractivity contribution in [3.63, 3.8) is 0 Å². The predicted octanol–water partition coefficient (Wildman–Crippen LogP) is 0.902. The van der Waals surface area contributed by atoms with Crippen LogP contribution in [0.15, 0.2) is 11.0 Å². The number of hydrogen-bond acceptors (Lipinski definition) is 4.